The Bertz CT molecular complexity index is 637. The number of hydrogen-bond acceptors (Lipinski definition) is 4. The molecule has 116 valence electrons. The summed E-state index contributed by atoms with van der Waals surface area (Å²) in [6.45, 7) is 0. The summed E-state index contributed by atoms with van der Waals surface area (Å²) in [6, 6.07) is 0. The third-order valence-electron chi connectivity index (χ3n) is 4.06. The summed E-state index contributed by atoms with van der Waals surface area (Å²) in [4.78, 5) is 44.3. The van der Waals surface area contributed by atoms with Crippen molar-refractivity contribution in [3.63, 3.8) is 0 Å². The van der Waals surface area contributed by atoms with Crippen LogP contribution in [0.4, 0.5) is 0 Å². The first-order valence-corrected chi connectivity index (χ1v) is 8.17. The van der Waals surface area contributed by atoms with Crippen molar-refractivity contribution in [3.8, 4) is 0 Å². The monoisotopic (exact) mass is 358 g/mol. The van der Waals surface area contributed by atoms with Crippen molar-refractivity contribution in [1.82, 2.24) is 0 Å². The van der Waals surface area contributed by atoms with E-state index in [1.54, 1.807) is 23.8 Å². The van der Waals surface area contributed by atoms with Gasteiger partial charge in [-0.25, -0.2) is 19.2 Å². The Balaban J connectivity index is 0.00000242. The van der Waals surface area contributed by atoms with Gasteiger partial charge in [0.05, 0.1) is 22.3 Å². The van der Waals surface area contributed by atoms with Gasteiger partial charge < -0.3 is 0 Å². The van der Waals surface area contributed by atoms with Crippen molar-refractivity contribution >= 4 is 32.3 Å². The first-order valence-electron chi connectivity index (χ1n) is 7.01. The zero-order valence-corrected chi connectivity index (χ0v) is 14.0. The molecule has 2 unspecified atom stereocenters. The average Bonchev–Trinajstić information content (AvgIpc) is 2.54. The molecule has 2 aliphatic rings. The Morgan fingerprint density at radius 1 is 0.818 bits per heavy atom. The molecule has 2 fully saturated rings. The van der Waals surface area contributed by atoms with Gasteiger partial charge in [-0.3, -0.25) is 0 Å². The second kappa shape index (κ2) is 9.02. The molecule has 0 aromatic heterocycles. The predicted molar refractivity (Wildman–Crippen MR) is 80.4 cm³/mol. The second-order valence-electron chi connectivity index (χ2n) is 5.31. The molecular formula is C16H15FeO4P. The summed E-state index contributed by atoms with van der Waals surface area (Å²) >= 11 is 0. The Kier molecular flexibility index (Phi) is 7.70. The average molecular weight is 358 g/mol. The van der Waals surface area contributed by atoms with Crippen LogP contribution in [-0.2, 0) is 36.2 Å². The van der Waals surface area contributed by atoms with Crippen LogP contribution in [0.2, 0.25) is 0 Å². The predicted octanol–water partition coefficient (Wildman–Crippen LogP) is 1.80. The van der Waals surface area contributed by atoms with Crippen molar-refractivity contribution in [3.05, 3.63) is 22.3 Å². The van der Waals surface area contributed by atoms with Crippen LogP contribution in [-0.4, -0.2) is 35.1 Å². The van der Waals surface area contributed by atoms with Gasteiger partial charge in [0.1, 0.15) is 23.8 Å². The molecule has 22 heavy (non-hydrogen) atoms. The van der Waals surface area contributed by atoms with E-state index in [0.717, 1.165) is 12.8 Å². The minimum absolute atomic E-state index is 0. The van der Waals surface area contributed by atoms with Gasteiger partial charge in [-0.15, -0.1) is 8.58 Å². The van der Waals surface area contributed by atoms with E-state index in [-0.39, 0.29) is 51.4 Å². The van der Waals surface area contributed by atoms with Crippen LogP contribution < -0.4 is 0 Å². The Morgan fingerprint density at radius 2 is 1.45 bits per heavy atom. The Morgan fingerprint density at radius 3 is 1.95 bits per heavy atom. The maximum Gasteiger partial charge on any atom is 0.134 e. The molecule has 0 heterocycles. The maximum absolute atomic E-state index is 11.2. The number of hydrogen-bond donors (Lipinski definition) is 0. The summed E-state index contributed by atoms with van der Waals surface area (Å²) < 4.78 is 0. The quantitative estimate of drug-likeness (QED) is 0.429. The number of carbonyl (C=O) groups excluding carboxylic acids is 4. The van der Waals surface area contributed by atoms with Gasteiger partial charge in [0.15, 0.2) is 0 Å². The Labute approximate surface area is 141 Å². The smallest absolute Gasteiger partial charge is 0.134 e. The third kappa shape index (κ3) is 3.93. The van der Waals surface area contributed by atoms with Crippen molar-refractivity contribution in [1.29, 1.82) is 0 Å². The fourth-order valence-electron chi connectivity index (χ4n) is 3.00. The molecule has 0 aromatic rings. The molecule has 0 amide bonds. The van der Waals surface area contributed by atoms with Crippen molar-refractivity contribution in [2.24, 2.45) is 0 Å². The van der Waals surface area contributed by atoms with Crippen LogP contribution in [0, 0.1) is 0 Å². The molecule has 0 radical (unpaired) electrons. The van der Waals surface area contributed by atoms with Crippen molar-refractivity contribution in [2.75, 3.05) is 0 Å². The molecular weight excluding hydrogens is 343 g/mol. The summed E-state index contributed by atoms with van der Waals surface area (Å²) in [5.74, 6) is 6.67. The minimum Gasteiger partial charge on any atom is -0.233 e. The zero-order valence-electron chi connectivity index (χ0n) is 11.9. The minimum atomic E-state index is -0.226. The molecule has 0 saturated heterocycles. The summed E-state index contributed by atoms with van der Waals surface area (Å²) in [5, 5.41) is 0. The van der Waals surface area contributed by atoms with E-state index in [0.29, 0.717) is 14.2 Å². The summed E-state index contributed by atoms with van der Waals surface area (Å²) in [6.07, 6.45) is 6.07. The van der Waals surface area contributed by atoms with E-state index in [2.05, 4.69) is 0 Å². The van der Waals surface area contributed by atoms with Crippen molar-refractivity contribution < 1.29 is 36.2 Å². The Hall–Kier alpha value is -1.25. The zero-order chi connectivity index (χ0) is 15.2. The van der Waals surface area contributed by atoms with E-state index in [1.807, 2.05) is 0 Å². The van der Waals surface area contributed by atoms with Gasteiger partial charge in [-0.1, -0.05) is 19.3 Å². The van der Waals surface area contributed by atoms with Gasteiger partial charge in [0, 0.05) is 22.7 Å². The summed E-state index contributed by atoms with van der Waals surface area (Å²) in [5.41, 5.74) is 0.244. The summed E-state index contributed by atoms with van der Waals surface area (Å²) in [7, 11) is 0.445. The van der Waals surface area contributed by atoms with Gasteiger partial charge in [-0.2, -0.15) is 0 Å². The molecule has 0 N–H and O–H groups in total. The largest absolute Gasteiger partial charge is 0.233 e. The van der Waals surface area contributed by atoms with Crippen LogP contribution >= 0.6 is 8.58 Å². The molecule has 6 heteroatoms. The first kappa shape index (κ1) is 18.8. The molecule has 0 aliphatic heterocycles. The standard InChI is InChI=1S/C16H15O4P.Fe/c17-7-11-6-16(21-12-4-2-1-3-5-12)15(10-20)14(9-19)13(11)8-18;/h12,16,21H,1-6H2;. The van der Waals surface area contributed by atoms with E-state index >= 15 is 0 Å². The van der Waals surface area contributed by atoms with Crippen LogP contribution in [0.3, 0.4) is 0 Å². The maximum atomic E-state index is 11.2. The fourth-order valence-corrected chi connectivity index (χ4v) is 5.00. The third-order valence-corrected chi connectivity index (χ3v) is 6.00. The molecule has 0 spiro atoms. The molecule has 2 saturated carbocycles. The van der Waals surface area contributed by atoms with Gasteiger partial charge in [-0.05, 0) is 24.9 Å². The van der Waals surface area contributed by atoms with E-state index in [9.17, 15) is 19.2 Å². The van der Waals surface area contributed by atoms with Crippen LogP contribution in [0.5, 0.6) is 0 Å². The van der Waals surface area contributed by atoms with Gasteiger partial charge >= 0.3 is 0 Å². The van der Waals surface area contributed by atoms with E-state index < -0.39 is 0 Å². The van der Waals surface area contributed by atoms with Crippen LogP contribution in [0.1, 0.15) is 38.5 Å². The SMILES string of the molecule is O=C=C1CC(PC2CCCCC2)C(=C=O)C(=C=O)C1=C=O.[Fe]. The molecule has 2 aliphatic carbocycles. The molecule has 4 nitrogen and oxygen atoms in total. The fraction of sp³-hybridized carbons (Fsp3) is 0.500. The topological polar surface area (TPSA) is 68.3 Å². The van der Waals surface area contributed by atoms with Crippen LogP contribution in [0.25, 0.3) is 0 Å². The first-order chi connectivity index (χ1) is 10.2. The second-order valence-corrected chi connectivity index (χ2v) is 7.16. The molecule has 2 rings (SSSR count). The van der Waals surface area contributed by atoms with E-state index in [4.69, 9.17) is 0 Å². The van der Waals surface area contributed by atoms with E-state index in [1.165, 1.54) is 19.3 Å². The number of allylic oxidation sites excluding steroid dienone is 4. The van der Waals surface area contributed by atoms with Gasteiger partial charge in [0.2, 0.25) is 0 Å². The molecule has 2 atom stereocenters. The van der Waals surface area contributed by atoms with Crippen LogP contribution in [0.15, 0.2) is 22.3 Å². The molecule has 0 bridgehead atoms. The van der Waals surface area contributed by atoms with Crippen molar-refractivity contribution in [2.45, 2.75) is 49.8 Å². The van der Waals surface area contributed by atoms with Gasteiger partial charge in [0.25, 0.3) is 0 Å². The number of rotatable bonds is 2. The normalized spacial score (nSPS) is 22.6. The molecule has 0 aromatic carbocycles.